The number of hydrazone groups is 1. The van der Waals surface area contributed by atoms with Crippen LogP contribution >= 0.6 is 0 Å². The third kappa shape index (κ3) is 1.68. The zero-order valence-corrected chi connectivity index (χ0v) is 9.42. The minimum absolute atomic E-state index is 0.820. The van der Waals surface area contributed by atoms with E-state index >= 15 is 0 Å². The zero-order valence-electron chi connectivity index (χ0n) is 9.42. The van der Waals surface area contributed by atoms with Gasteiger partial charge in [-0.25, -0.2) is 0 Å². The van der Waals surface area contributed by atoms with Crippen molar-refractivity contribution in [3.63, 3.8) is 0 Å². The maximum atomic E-state index is 8.37. The average molecular weight is 235 g/mol. The van der Waals surface area contributed by atoms with Gasteiger partial charge in [0.25, 0.3) is 0 Å². The van der Waals surface area contributed by atoms with Crippen LogP contribution in [0.1, 0.15) is 0 Å². The molecule has 1 aromatic heterocycles. The van der Waals surface area contributed by atoms with Gasteiger partial charge in [0.05, 0.1) is 5.69 Å². The van der Waals surface area contributed by atoms with Gasteiger partial charge in [0.1, 0.15) is 23.4 Å². The molecule has 18 heavy (non-hydrogen) atoms. The summed E-state index contributed by atoms with van der Waals surface area (Å²) in [6.07, 6.45) is 1.15. The van der Waals surface area contributed by atoms with Gasteiger partial charge in [0, 0.05) is 10.8 Å². The van der Waals surface area contributed by atoms with Crippen molar-refractivity contribution in [3.05, 3.63) is 42.5 Å². The number of rotatable bonds is 2. The molecule has 2 aromatic carbocycles. The molecule has 0 fully saturated rings. The summed E-state index contributed by atoms with van der Waals surface area (Å²) in [5.41, 5.74) is 5.32. The molecule has 0 unspecified atom stereocenters. The average Bonchev–Trinajstić information content (AvgIpc) is 2.77. The van der Waals surface area contributed by atoms with Gasteiger partial charge in [0.2, 0.25) is 0 Å². The number of anilines is 1. The van der Waals surface area contributed by atoms with Crippen LogP contribution in [-0.4, -0.2) is 6.21 Å². The van der Waals surface area contributed by atoms with Crippen LogP contribution in [0.3, 0.4) is 0 Å². The lowest BCUT2D eigenvalue weighted by Gasteiger charge is -1.98. The second kappa shape index (κ2) is 4.22. The maximum absolute atomic E-state index is 8.37. The Labute approximate surface area is 103 Å². The number of para-hydroxylation sites is 1. The van der Waals surface area contributed by atoms with Crippen LogP contribution in [0, 0.1) is 11.3 Å². The first-order valence-electron chi connectivity index (χ1n) is 5.47. The first-order valence-corrected chi connectivity index (χ1v) is 5.47. The van der Waals surface area contributed by atoms with Crippen molar-refractivity contribution in [2.24, 2.45) is 5.10 Å². The van der Waals surface area contributed by atoms with E-state index in [9.17, 15) is 0 Å². The Hall–Kier alpha value is -2.80. The van der Waals surface area contributed by atoms with Crippen molar-refractivity contribution in [3.8, 4) is 6.07 Å². The summed E-state index contributed by atoms with van der Waals surface area (Å²) in [6.45, 7) is 0. The Morgan fingerprint density at radius 2 is 1.94 bits per heavy atom. The number of furan rings is 1. The van der Waals surface area contributed by atoms with Crippen molar-refractivity contribution in [2.75, 3.05) is 5.43 Å². The number of benzene rings is 2. The topological polar surface area (TPSA) is 61.3 Å². The zero-order chi connectivity index (χ0) is 12.4. The number of nitrogens with one attached hydrogen (secondary N) is 1. The summed E-state index contributed by atoms with van der Waals surface area (Å²) in [5.74, 6) is 0. The highest BCUT2D eigenvalue weighted by molar-refractivity contribution is 6.05. The highest BCUT2D eigenvalue weighted by Gasteiger charge is 2.06. The Morgan fingerprint density at radius 1 is 1.11 bits per heavy atom. The summed E-state index contributed by atoms with van der Waals surface area (Å²) in [4.78, 5) is 0. The fourth-order valence-electron chi connectivity index (χ4n) is 1.93. The Kier molecular flexibility index (Phi) is 2.43. The molecule has 0 amide bonds. The lowest BCUT2D eigenvalue weighted by Crippen LogP contribution is -1.87. The van der Waals surface area contributed by atoms with Crippen molar-refractivity contribution in [1.29, 1.82) is 5.26 Å². The van der Waals surface area contributed by atoms with E-state index in [1.54, 1.807) is 0 Å². The molecule has 3 aromatic rings. The molecule has 3 rings (SSSR count). The lowest BCUT2D eigenvalue weighted by molar-refractivity contribution is 0.669. The molecule has 0 radical (unpaired) electrons. The molecule has 4 heteroatoms. The van der Waals surface area contributed by atoms with Gasteiger partial charge >= 0.3 is 0 Å². The van der Waals surface area contributed by atoms with Gasteiger partial charge in [-0.2, -0.15) is 10.4 Å². The van der Waals surface area contributed by atoms with Crippen LogP contribution in [0.2, 0.25) is 0 Å². The van der Waals surface area contributed by atoms with Crippen LogP contribution < -0.4 is 5.43 Å². The minimum atomic E-state index is 0.820. The van der Waals surface area contributed by atoms with Crippen LogP contribution in [0.15, 0.2) is 52.0 Å². The molecule has 1 N–H and O–H groups in total. The van der Waals surface area contributed by atoms with Crippen molar-refractivity contribution >= 4 is 33.8 Å². The first-order chi connectivity index (χ1) is 8.88. The molecule has 0 atom stereocenters. The molecule has 0 saturated heterocycles. The lowest BCUT2D eigenvalue weighted by atomic mass is 10.1. The standard InChI is InChI=1S/C14H9N3O/c15-7-8-16-17-10-5-6-14-12(9-10)11-3-1-2-4-13(11)18-14/h1-6,8-9,17H/b16-8-. The van der Waals surface area contributed by atoms with Crippen LogP contribution in [0.4, 0.5) is 5.69 Å². The van der Waals surface area contributed by atoms with E-state index in [0.717, 1.165) is 33.8 Å². The highest BCUT2D eigenvalue weighted by Crippen LogP contribution is 2.30. The molecule has 1 heterocycles. The summed E-state index contributed by atoms with van der Waals surface area (Å²) in [7, 11) is 0. The first kappa shape index (κ1) is 10.4. The van der Waals surface area contributed by atoms with E-state index in [-0.39, 0.29) is 0 Å². The molecular weight excluding hydrogens is 226 g/mol. The molecule has 0 saturated carbocycles. The molecule has 0 spiro atoms. The van der Waals surface area contributed by atoms with E-state index in [2.05, 4.69) is 10.5 Å². The van der Waals surface area contributed by atoms with Crippen LogP contribution in [0.5, 0.6) is 0 Å². The second-order valence-corrected chi connectivity index (χ2v) is 3.81. The predicted octanol–water partition coefficient (Wildman–Crippen LogP) is 3.51. The monoisotopic (exact) mass is 235 g/mol. The molecule has 0 bridgehead atoms. The predicted molar refractivity (Wildman–Crippen MR) is 71.4 cm³/mol. The highest BCUT2D eigenvalue weighted by atomic mass is 16.3. The van der Waals surface area contributed by atoms with E-state index < -0.39 is 0 Å². The second-order valence-electron chi connectivity index (χ2n) is 3.81. The fraction of sp³-hybridized carbons (Fsp3) is 0. The Morgan fingerprint density at radius 3 is 2.83 bits per heavy atom. The van der Waals surface area contributed by atoms with Gasteiger partial charge < -0.3 is 4.42 Å². The van der Waals surface area contributed by atoms with Gasteiger partial charge in [-0.15, -0.1) is 0 Å². The van der Waals surface area contributed by atoms with E-state index in [1.165, 1.54) is 0 Å². The number of hydrogen-bond acceptors (Lipinski definition) is 4. The summed E-state index contributed by atoms with van der Waals surface area (Å²) < 4.78 is 5.71. The van der Waals surface area contributed by atoms with Gasteiger partial charge in [-0.05, 0) is 24.3 Å². The fourth-order valence-corrected chi connectivity index (χ4v) is 1.93. The van der Waals surface area contributed by atoms with Gasteiger partial charge in [-0.1, -0.05) is 18.2 Å². The quantitative estimate of drug-likeness (QED) is 0.546. The molecule has 0 aliphatic carbocycles. The number of hydrogen-bond donors (Lipinski definition) is 1. The summed E-state index contributed by atoms with van der Waals surface area (Å²) in [6, 6.07) is 15.4. The molecule has 4 nitrogen and oxygen atoms in total. The third-order valence-electron chi connectivity index (χ3n) is 2.69. The van der Waals surface area contributed by atoms with Crippen LogP contribution in [0.25, 0.3) is 21.9 Å². The normalized spacial score (nSPS) is 11.1. The Bertz CT molecular complexity index is 780. The summed E-state index contributed by atoms with van der Waals surface area (Å²) in [5, 5.41) is 14.2. The minimum Gasteiger partial charge on any atom is -0.456 e. The van der Waals surface area contributed by atoms with Crippen molar-refractivity contribution in [2.45, 2.75) is 0 Å². The van der Waals surface area contributed by atoms with Gasteiger partial charge in [0.15, 0.2) is 0 Å². The molecule has 0 aliphatic heterocycles. The van der Waals surface area contributed by atoms with E-state index in [0.29, 0.717) is 0 Å². The van der Waals surface area contributed by atoms with Gasteiger partial charge in [-0.3, -0.25) is 5.43 Å². The van der Waals surface area contributed by atoms with Crippen molar-refractivity contribution in [1.82, 2.24) is 0 Å². The smallest absolute Gasteiger partial charge is 0.135 e. The number of fused-ring (bicyclic) bond motifs is 3. The largest absolute Gasteiger partial charge is 0.456 e. The van der Waals surface area contributed by atoms with Crippen molar-refractivity contribution < 1.29 is 4.42 Å². The summed E-state index contributed by atoms with van der Waals surface area (Å²) >= 11 is 0. The molecule has 86 valence electrons. The maximum Gasteiger partial charge on any atom is 0.135 e. The molecule has 0 aliphatic rings. The molecular formula is C14H9N3O. The van der Waals surface area contributed by atoms with E-state index in [1.807, 2.05) is 48.5 Å². The third-order valence-corrected chi connectivity index (χ3v) is 2.69. The van der Waals surface area contributed by atoms with Crippen LogP contribution in [-0.2, 0) is 0 Å². The Balaban J connectivity index is 2.13. The SMILES string of the molecule is N#C/C=N\Nc1ccc2oc3ccccc3c2c1. The van der Waals surface area contributed by atoms with E-state index in [4.69, 9.17) is 9.68 Å². The number of nitrogens with zero attached hydrogens (tertiary/aromatic N) is 2. The number of nitriles is 1.